The number of nitrogens with one attached hydrogen (secondary N) is 1. The second-order valence-corrected chi connectivity index (χ2v) is 9.32. The van der Waals surface area contributed by atoms with Crippen LogP contribution < -0.4 is 16.0 Å². The van der Waals surface area contributed by atoms with Crippen LogP contribution in [0.2, 0.25) is 0 Å². The number of nitrogens with two attached hydrogens (primary N) is 1. The molecular formula is C21H33N5OS2. The van der Waals surface area contributed by atoms with Gasteiger partial charge in [0.1, 0.15) is 6.23 Å². The number of thioether (sulfide) groups is 1. The molecule has 1 saturated heterocycles. The minimum atomic E-state index is -0.376. The lowest BCUT2D eigenvalue weighted by Crippen LogP contribution is -2.49. The van der Waals surface area contributed by atoms with Crippen LogP contribution in [-0.4, -0.2) is 58.4 Å². The zero-order chi connectivity index (χ0) is 20.6. The standard InChI is InChI=1S/C21H33N5OS2/c1-16(27)25-11-13-26(14-12-25)19-9-7-18(8-10-19)23-21(28)24-20(22)29-15-17-5-3-2-4-6-17/h7-10,16-17,27H,2-6,11-15H2,1H3,(H3,22,23,24,28). The van der Waals surface area contributed by atoms with Gasteiger partial charge in [-0.1, -0.05) is 31.0 Å². The summed E-state index contributed by atoms with van der Waals surface area (Å²) in [5.41, 5.74) is 8.15. The van der Waals surface area contributed by atoms with Gasteiger partial charge in [0, 0.05) is 43.3 Å². The molecule has 4 N–H and O–H groups in total. The Bertz CT molecular complexity index is 681. The van der Waals surface area contributed by atoms with Crippen molar-refractivity contribution < 1.29 is 5.11 Å². The monoisotopic (exact) mass is 435 g/mol. The second kappa shape index (κ2) is 11.2. The molecule has 0 aromatic heterocycles. The number of aliphatic hydroxyl groups is 1. The molecule has 1 heterocycles. The Balaban J connectivity index is 1.44. The van der Waals surface area contributed by atoms with E-state index < -0.39 is 0 Å². The van der Waals surface area contributed by atoms with Crippen LogP contribution in [0.5, 0.6) is 0 Å². The number of piperazine rings is 1. The maximum Gasteiger partial charge on any atom is 0.199 e. The fraction of sp³-hybridized carbons (Fsp3) is 0.619. The molecule has 160 valence electrons. The molecule has 1 aromatic rings. The molecule has 3 rings (SSSR count). The van der Waals surface area contributed by atoms with Crippen LogP contribution in [0.4, 0.5) is 11.4 Å². The highest BCUT2D eigenvalue weighted by molar-refractivity contribution is 8.13. The number of amidine groups is 1. The zero-order valence-corrected chi connectivity index (χ0v) is 18.9. The van der Waals surface area contributed by atoms with Crippen LogP contribution in [-0.2, 0) is 0 Å². The van der Waals surface area contributed by atoms with Crippen LogP contribution >= 0.6 is 24.0 Å². The van der Waals surface area contributed by atoms with Crippen molar-refractivity contribution in [2.24, 2.45) is 16.6 Å². The smallest absolute Gasteiger partial charge is 0.199 e. The summed E-state index contributed by atoms with van der Waals surface area (Å²) in [6, 6.07) is 8.22. The van der Waals surface area contributed by atoms with Crippen molar-refractivity contribution >= 4 is 45.6 Å². The van der Waals surface area contributed by atoms with Gasteiger partial charge in [0.25, 0.3) is 0 Å². The maximum atomic E-state index is 9.68. The Morgan fingerprint density at radius 3 is 2.48 bits per heavy atom. The van der Waals surface area contributed by atoms with Crippen molar-refractivity contribution in [3.05, 3.63) is 24.3 Å². The summed E-state index contributed by atoms with van der Waals surface area (Å²) in [5.74, 6) is 1.80. The lowest BCUT2D eigenvalue weighted by molar-refractivity contribution is 0.0153. The molecule has 2 fully saturated rings. The van der Waals surface area contributed by atoms with Gasteiger partial charge in [-0.05, 0) is 62.2 Å². The average molecular weight is 436 g/mol. The van der Waals surface area contributed by atoms with Gasteiger partial charge in [0.2, 0.25) is 0 Å². The molecule has 0 amide bonds. The van der Waals surface area contributed by atoms with Gasteiger partial charge in [0.05, 0.1) is 0 Å². The van der Waals surface area contributed by atoms with Crippen LogP contribution in [0.3, 0.4) is 0 Å². The Morgan fingerprint density at radius 1 is 1.21 bits per heavy atom. The average Bonchev–Trinajstić information content (AvgIpc) is 2.73. The molecule has 1 atom stereocenters. The molecule has 2 aliphatic rings. The van der Waals surface area contributed by atoms with Crippen LogP contribution in [0, 0.1) is 5.92 Å². The lowest BCUT2D eigenvalue weighted by Gasteiger charge is -2.37. The summed E-state index contributed by atoms with van der Waals surface area (Å²) in [5, 5.41) is 13.8. The third-order valence-electron chi connectivity index (χ3n) is 5.73. The second-order valence-electron chi connectivity index (χ2n) is 7.90. The highest BCUT2D eigenvalue weighted by Gasteiger charge is 2.19. The van der Waals surface area contributed by atoms with E-state index >= 15 is 0 Å². The summed E-state index contributed by atoms with van der Waals surface area (Å²) in [7, 11) is 0. The third kappa shape index (κ3) is 7.13. The van der Waals surface area contributed by atoms with E-state index in [1.165, 1.54) is 37.8 Å². The van der Waals surface area contributed by atoms with Gasteiger partial charge in [-0.3, -0.25) is 4.90 Å². The first-order chi connectivity index (χ1) is 14.0. The van der Waals surface area contributed by atoms with Crippen LogP contribution in [0.25, 0.3) is 0 Å². The van der Waals surface area contributed by atoms with E-state index in [2.05, 4.69) is 32.2 Å². The number of thiocarbonyl (C=S) groups is 1. The highest BCUT2D eigenvalue weighted by Crippen LogP contribution is 2.26. The van der Waals surface area contributed by atoms with E-state index in [4.69, 9.17) is 18.0 Å². The molecule has 29 heavy (non-hydrogen) atoms. The largest absolute Gasteiger partial charge is 0.379 e. The molecule has 0 spiro atoms. The first-order valence-corrected chi connectivity index (χ1v) is 12.0. The summed E-state index contributed by atoms with van der Waals surface area (Å²) in [6.07, 6.45) is 6.30. The molecule has 6 nitrogen and oxygen atoms in total. The Kier molecular flexibility index (Phi) is 8.59. The van der Waals surface area contributed by atoms with Crippen molar-refractivity contribution in [3.63, 3.8) is 0 Å². The van der Waals surface area contributed by atoms with E-state index in [9.17, 15) is 5.11 Å². The minimum absolute atomic E-state index is 0.376. The van der Waals surface area contributed by atoms with Gasteiger partial charge in [-0.15, -0.1) is 0 Å². The zero-order valence-electron chi connectivity index (χ0n) is 17.2. The van der Waals surface area contributed by atoms with E-state index in [0.717, 1.165) is 43.5 Å². The predicted octanol–water partition coefficient (Wildman–Crippen LogP) is 3.47. The van der Waals surface area contributed by atoms with E-state index in [1.807, 2.05) is 19.1 Å². The highest BCUT2D eigenvalue weighted by atomic mass is 32.2. The molecule has 1 aliphatic heterocycles. The van der Waals surface area contributed by atoms with Gasteiger partial charge in [-0.25, -0.2) is 0 Å². The Morgan fingerprint density at radius 2 is 1.86 bits per heavy atom. The summed E-state index contributed by atoms with van der Waals surface area (Å²) >= 11 is 6.96. The maximum absolute atomic E-state index is 9.68. The number of aliphatic imine (C=N–C) groups is 1. The molecule has 0 radical (unpaired) electrons. The summed E-state index contributed by atoms with van der Waals surface area (Å²) in [4.78, 5) is 8.75. The van der Waals surface area contributed by atoms with E-state index in [-0.39, 0.29) is 6.23 Å². The molecule has 1 unspecified atom stereocenters. The van der Waals surface area contributed by atoms with Gasteiger partial charge < -0.3 is 21.1 Å². The number of hydrogen-bond donors (Lipinski definition) is 3. The van der Waals surface area contributed by atoms with E-state index in [0.29, 0.717) is 10.3 Å². The molecule has 0 bridgehead atoms. The number of hydrogen-bond acceptors (Lipinski definition) is 5. The number of aliphatic hydroxyl groups excluding tert-OH is 1. The molecule has 8 heteroatoms. The molecule has 1 saturated carbocycles. The fourth-order valence-corrected chi connectivity index (χ4v) is 5.12. The Hall–Kier alpha value is -1.35. The number of rotatable bonds is 5. The van der Waals surface area contributed by atoms with Gasteiger partial charge in [0.15, 0.2) is 10.3 Å². The lowest BCUT2D eigenvalue weighted by atomic mass is 9.91. The normalized spacial score (nSPS) is 20.5. The van der Waals surface area contributed by atoms with Crippen molar-refractivity contribution in [3.8, 4) is 0 Å². The van der Waals surface area contributed by atoms with Crippen LogP contribution in [0.1, 0.15) is 39.0 Å². The van der Waals surface area contributed by atoms with E-state index in [1.54, 1.807) is 11.8 Å². The minimum Gasteiger partial charge on any atom is -0.379 e. The number of benzene rings is 1. The van der Waals surface area contributed by atoms with Crippen molar-refractivity contribution in [2.75, 3.05) is 42.1 Å². The molecular weight excluding hydrogens is 402 g/mol. The fourth-order valence-electron chi connectivity index (χ4n) is 3.95. The van der Waals surface area contributed by atoms with Gasteiger partial charge >= 0.3 is 0 Å². The topological polar surface area (TPSA) is 77.1 Å². The predicted molar refractivity (Wildman–Crippen MR) is 129 cm³/mol. The first-order valence-electron chi connectivity index (χ1n) is 10.6. The third-order valence-corrected chi connectivity index (χ3v) is 6.95. The first kappa shape index (κ1) is 22.3. The quantitative estimate of drug-likeness (QED) is 0.371. The van der Waals surface area contributed by atoms with Crippen molar-refractivity contribution in [1.82, 2.24) is 4.90 Å². The SMILES string of the molecule is CC(O)N1CCN(c2ccc(NC(=S)/N=C(\N)SCC3CCCCC3)cc2)CC1. The van der Waals surface area contributed by atoms with Crippen LogP contribution in [0.15, 0.2) is 29.3 Å². The summed E-state index contributed by atoms with van der Waals surface area (Å²) < 4.78 is 0. The molecule has 1 aliphatic carbocycles. The van der Waals surface area contributed by atoms with Crippen molar-refractivity contribution in [2.45, 2.75) is 45.3 Å². The van der Waals surface area contributed by atoms with Crippen molar-refractivity contribution in [1.29, 1.82) is 0 Å². The number of anilines is 2. The van der Waals surface area contributed by atoms with Gasteiger partial charge in [-0.2, -0.15) is 4.99 Å². The number of nitrogens with zero attached hydrogens (tertiary/aromatic N) is 3. The Labute approximate surface area is 183 Å². The summed E-state index contributed by atoms with van der Waals surface area (Å²) in [6.45, 7) is 5.38. The molecule has 1 aromatic carbocycles.